The molecule has 2 atom stereocenters. The van der Waals surface area contributed by atoms with Gasteiger partial charge in [-0.1, -0.05) is 329 Å². The minimum Gasteiger partial charge on any atom is -0.462 e. The van der Waals surface area contributed by atoms with Crippen LogP contribution in [0.3, 0.4) is 0 Å². The van der Waals surface area contributed by atoms with Gasteiger partial charge in [0.15, 0.2) is 6.10 Å². The lowest BCUT2D eigenvalue weighted by Crippen LogP contribution is -2.29. The van der Waals surface area contributed by atoms with Crippen LogP contribution in [0.25, 0.3) is 0 Å². The Balaban J connectivity index is 3.85. The number of phosphoric ester groups is 1. The van der Waals surface area contributed by atoms with Gasteiger partial charge in [0.2, 0.25) is 0 Å². The number of rotatable bonds is 68. The smallest absolute Gasteiger partial charge is 0.462 e. The Morgan fingerprint density at radius 1 is 0.356 bits per heavy atom. The standard InChI is InChI=1S/C77H136NO8P/c1-3-5-7-9-11-13-15-17-19-21-23-25-27-29-31-33-34-35-36-37-38-39-40-42-44-46-48-50-52-54-56-58-60-62-64-66-68-70-77(80)86-75(74-85-87(81,82)84-72-71-78)73-83-76(79)69-67-65-63-61-59-57-55-53-51-49-47-45-43-41-32-30-28-26-24-22-20-18-16-14-12-10-8-6-4-2/h5,7,11,13,16-19,22-25,28-31,34-35,75H,3-4,6,8-10,12,14-15,20-21,26-27,32-33,36-74,78H2,1-2H3,(H,81,82)/b7-5-,13-11-,18-16-,19-17-,24-22-,25-23-,30-28-,31-29-,35-34-. The van der Waals surface area contributed by atoms with Crippen LogP contribution in [-0.2, 0) is 32.7 Å². The highest BCUT2D eigenvalue weighted by Crippen LogP contribution is 2.43. The summed E-state index contributed by atoms with van der Waals surface area (Å²) in [5.41, 5.74) is 5.41. The molecule has 0 aromatic rings. The quantitative estimate of drug-likeness (QED) is 0.0264. The predicted octanol–water partition coefficient (Wildman–Crippen LogP) is 24.1. The van der Waals surface area contributed by atoms with Crippen LogP contribution in [0.1, 0.15) is 335 Å². The molecule has 0 heterocycles. The van der Waals surface area contributed by atoms with E-state index >= 15 is 0 Å². The van der Waals surface area contributed by atoms with E-state index in [4.69, 9.17) is 24.3 Å². The zero-order valence-electron chi connectivity index (χ0n) is 56.5. The van der Waals surface area contributed by atoms with Crippen LogP contribution >= 0.6 is 7.82 Å². The molecule has 9 nitrogen and oxygen atoms in total. The molecule has 0 fully saturated rings. The van der Waals surface area contributed by atoms with Crippen molar-refractivity contribution < 1.29 is 37.6 Å². The predicted molar refractivity (Wildman–Crippen MR) is 376 cm³/mol. The molecule has 0 saturated heterocycles. The fourth-order valence-corrected chi connectivity index (χ4v) is 11.1. The van der Waals surface area contributed by atoms with Crippen molar-refractivity contribution in [3.63, 3.8) is 0 Å². The van der Waals surface area contributed by atoms with Gasteiger partial charge in [-0.05, 0) is 103 Å². The van der Waals surface area contributed by atoms with Crippen molar-refractivity contribution in [1.82, 2.24) is 0 Å². The van der Waals surface area contributed by atoms with Crippen molar-refractivity contribution in [3.8, 4) is 0 Å². The first kappa shape index (κ1) is 83.7. The Morgan fingerprint density at radius 3 is 0.943 bits per heavy atom. The first-order chi connectivity index (χ1) is 42.8. The van der Waals surface area contributed by atoms with E-state index in [1.54, 1.807) is 0 Å². The first-order valence-corrected chi connectivity index (χ1v) is 37.9. The van der Waals surface area contributed by atoms with Gasteiger partial charge >= 0.3 is 19.8 Å². The van der Waals surface area contributed by atoms with E-state index in [-0.39, 0.29) is 38.6 Å². The second kappa shape index (κ2) is 71.7. The number of hydrogen-bond donors (Lipinski definition) is 2. The number of phosphoric acid groups is 1. The van der Waals surface area contributed by atoms with E-state index < -0.39 is 26.5 Å². The van der Waals surface area contributed by atoms with Gasteiger partial charge in [0.25, 0.3) is 0 Å². The minimum atomic E-state index is -4.40. The molecule has 0 bridgehead atoms. The van der Waals surface area contributed by atoms with Crippen molar-refractivity contribution in [2.24, 2.45) is 5.73 Å². The number of ether oxygens (including phenoxy) is 2. The van der Waals surface area contributed by atoms with E-state index in [1.807, 2.05) is 0 Å². The lowest BCUT2D eigenvalue weighted by molar-refractivity contribution is -0.161. The summed E-state index contributed by atoms with van der Waals surface area (Å²) >= 11 is 0. The molecule has 0 aliphatic carbocycles. The van der Waals surface area contributed by atoms with E-state index in [0.717, 1.165) is 89.9 Å². The number of carbonyl (C=O) groups excluding carboxylic acids is 2. The monoisotopic (exact) mass is 1230 g/mol. The molecular formula is C77H136NO8P. The highest BCUT2D eigenvalue weighted by atomic mass is 31.2. The van der Waals surface area contributed by atoms with Crippen LogP contribution in [-0.4, -0.2) is 49.3 Å². The maximum Gasteiger partial charge on any atom is 0.472 e. The van der Waals surface area contributed by atoms with E-state index in [1.165, 1.54) is 212 Å². The first-order valence-electron chi connectivity index (χ1n) is 36.4. The van der Waals surface area contributed by atoms with E-state index in [2.05, 4.69) is 123 Å². The molecular weight excluding hydrogens is 1100 g/mol. The fraction of sp³-hybridized carbons (Fsp3) is 0.740. The second-order valence-corrected chi connectivity index (χ2v) is 25.5. The summed E-state index contributed by atoms with van der Waals surface area (Å²) < 4.78 is 33.2. The van der Waals surface area contributed by atoms with Crippen molar-refractivity contribution in [3.05, 3.63) is 109 Å². The van der Waals surface area contributed by atoms with Gasteiger partial charge in [-0.2, -0.15) is 0 Å². The topological polar surface area (TPSA) is 134 Å². The summed E-state index contributed by atoms with van der Waals surface area (Å²) in [5.74, 6) is -0.818. The number of nitrogens with two attached hydrogens (primary N) is 1. The van der Waals surface area contributed by atoms with Gasteiger partial charge in [0.1, 0.15) is 6.61 Å². The zero-order chi connectivity index (χ0) is 63.0. The van der Waals surface area contributed by atoms with Crippen molar-refractivity contribution in [2.45, 2.75) is 341 Å². The molecule has 0 aromatic carbocycles. The Labute approximate surface area is 537 Å². The third kappa shape index (κ3) is 71.6. The molecule has 0 aliphatic heterocycles. The highest BCUT2D eigenvalue weighted by molar-refractivity contribution is 7.47. The SMILES string of the molecule is CC/C=C\C/C=C\C/C=C\C/C=C\C/C=C\C/C=C\CCCCCCCCCCCCCCCCCCCCC(=O)OC(COC(=O)CCCCCCCCCCCCCCCC/C=C\C/C=C\C/C=C\CCCCCCC)COP(=O)(O)OCCN. The zero-order valence-corrected chi connectivity index (χ0v) is 57.4. The molecule has 0 amide bonds. The van der Waals surface area contributed by atoms with Gasteiger partial charge in [0.05, 0.1) is 13.2 Å². The Kier molecular flexibility index (Phi) is 69.0. The molecule has 0 radical (unpaired) electrons. The molecule has 0 rings (SSSR count). The second-order valence-electron chi connectivity index (χ2n) is 24.1. The molecule has 0 aliphatic rings. The normalized spacial score (nSPS) is 13.6. The number of unbranched alkanes of at least 4 members (excludes halogenated alkanes) is 37. The van der Waals surface area contributed by atoms with E-state index in [9.17, 15) is 19.0 Å². The van der Waals surface area contributed by atoms with E-state index in [0.29, 0.717) is 6.42 Å². The molecule has 10 heteroatoms. The van der Waals surface area contributed by atoms with Crippen LogP contribution in [0, 0.1) is 0 Å². The summed E-state index contributed by atoms with van der Waals surface area (Å²) in [6.07, 6.45) is 99.0. The Morgan fingerprint density at radius 2 is 0.632 bits per heavy atom. The van der Waals surface area contributed by atoms with Crippen molar-refractivity contribution >= 4 is 19.8 Å². The summed E-state index contributed by atoms with van der Waals surface area (Å²) in [7, 11) is -4.40. The summed E-state index contributed by atoms with van der Waals surface area (Å²) in [6, 6.07) is 0. The Hall–Kier alpha value is -3.33. The molecule has 0 saturated carbocycles. The van der Waals surface area contributed by atoms with Crippen LogP contribution in [0.15, 0.2) is 109 Å². The molecule has 0 aromatic heterocycles. The maximum absolute atomic E-state index is 12.8. The molecule has 502 valence electrons. The molecule has 2 unspecified atom stereocenters. The van der Waals surface area contributed by atoms with Gasteiger partial charge in [-0.25, -0.2) is 4.57 Å². The molecule has 0 spiro atoms. The lowest BCUT2D eigenvalue weighted by atomic mass is 10.0. The summed E-state index contributed by atoms with van der Waals surface area (Å²) in [6.45, 7) is 3.66. The summed E-state index contributed by atoms with van der Waals surface area (Å²) in [4.78, 5) is 35.4. The van der Waals surface area contributed by atoms with Crippen LogP contribution in [0.2, 0.25) is 0 Å². The average molecular weight is 1230 g/mol. The number of esters is 2. The fourth-order valence-electron chi connectivity index (χ4n) is 10.3. The highest BCUT2D eigenvalue weighted by Gasteiger charge is 2.26. The minimum absolute atomic E-state index is 0.0513. The molecule has 87 heavy (non-hydrogen) atoms. The largest absolute Gasteiger partial charge is 0.472 e. The average Bonchev–Trinajstić information content (AvgIpc) is 3.65. The van der Waals surface area contributed by atoms with Crippen LogP contribution < -0.4 is 5.73 Å². The summed E-state index contributed by atoms with van der Waals surface area (Å²) in [5, 5.41) is 0. The third-order valence-electron chi connectivity index (χ3n) is 15.6. The van der Waals surface area contributed by atoms with Gasteiger partial charge in [-0.3, -0.25) is 18.6 Å². The van der Waals surface area contributed by atoms with Crippen LogP contribution in [0.5, 0.6) is 0 Å². The Bertz CT molecular complexity index is 1800. The number of allylic oxidation sites excluding steroid dienone is 18. The van der Waals surface area contributed by atoms with Crippen molar-refractivity contribution in [2.75, 3.05) is 26.4 Å². The van der Waals surface area contributed by atoms with Crippen molar-refractivity contribution in [1.29, 1.82) is 0 Å². The van der Waals surface area contributed by atoms with Gasteiger partial charge in [0, 0.05) is 19.4 Å². The molecule has 3 N–H and O–H groups in total. The van der Waals surface area contributed by atoms with Gasteiger partial charge in [-0.15, -0.1) is 0 Å². The van der Waals surface area contributed by atoms with Gasteiger partial charge < -0.3 is 20.1 Å². The lowest BCUT2D eigenvalue weighted by Gasteiger charge is -2.19. The maximum atomic E-state index is 12.8. The third-order valence-corrected chi connectivity index (χ3v) is 16.6. The number of hydrogen-bond acceptors (Lipinski definition) is 8. The number of carbonyl (C=O) groups is 2. The van der Waals surface area contributed by atoms with Crippen LogP contribution in [0.4, 0.5) is 0 Å².